The van der Waals surface area contributed by atoms with Crippen molar-refractivity contribution < 1.29 is 5.11 Å². The van der Waals surface area contributed by atoms with Gasteiger partial charge in [0.1, 0.15) is 0 Å². The molecule has 1 aliphatic rings. The Balaban J connectivity index is 2.21. The summed E-state index contributed by atoms with van der Waals surface area (Å²) in [6, 6.07) is 6.84. The largest absolute Gasteiger partial charge is 0.385 e. The van der Waals surface area contributed by atoms with Crippen LogP contribution in [0.5, 0.6) is 0 Å². The molecule has 0 unspecified atom stereocenters. The molecule has 0 spiro atoms. The number of aryl methyl sites for hydroxylation is 1. The van der Waals surface area contributed by atoms with Gasteiger partial charge < -0.3 is 10.0 Å². The smallest absolute Gasteiger partial charge is 0.0923 e. The second-order valence-corrected chi connectivity index (χ2v) is 5.91. The monoisotopic (exact) mass is 247 g/mol. The SMILES string of the molecule is Cc1cccc(C2(O)CCN(C(C)C)CC2)c1C. The fourth-order valence-electron chi connectivity index (χ4n) is 2.93. The fraction of sp³-hybridized carbons (Fsp3) is 0.625. The standard InChI is InChI=1S/C16H25NO/c1-12(2)17-10-8-16(18,9-11-17)15-7-5-6-13(3)14(15)4/h5-7,12,18H,8-11H2,1-4H3. The van der Waals surface area contributed by atoms with Crippen LogP contribution in [-0.4, -0.2) is 29.1 Å². The van der Waals surface area contributed by atoms with E-state index in [9.17, 15) is 5.11 Å². The molecule has 0 atom stereocenters. The summed E-state index contributed by atoms with van der Waals surface area (Å²) in [6.07, 6.45) is 1.69. The topological polar surface area (TPSA) is 23.5 Å². The Kier molecular flexibility index (Phi) is 3.79. The quantitative estimate of drug-likeness (QED) is 0.868. The predicted molar refractivity (Wildman–Crippen MR) is 75.8 cm³/mol. The van der Waals surface area contributed by atoms with Gasteiger partial charge >= 0.3 is 0 Å². The van der Waals surface area contributed by atoms with Crippen LogP contribution in [0.4, 0.5) is 0 Å². The van der Waals surface area contributed by atoms with Gasteiger partial charge in [-0.2, -0.15) is 0 Å². The number of nitrogens with zero attached hydrogens (tertiary/aromatic N) is 1. The summed E-state index contributed by atoms with van der Waals surface area (Å²) in [5.41, 5.74) is 3.03. The Bertz CT molecular complexity index is 417. The van der Waals surface area contributed by atoms with Crippen LogP contribution in [0.25, 0.3) is 0 Å². The predicted octanol–water partition coefficient (Wildman–Crippen LogP) is 3.00. The van der Waals surface area contributed by atoms with Crippen LogP contribution in [0, 0.1) is 13.8 Å². The summed E-state index contributed by atoms with van der Waals surface area (Å²) in [7, 11) is 0. The number of piperidine rings is 1. The van der Waals surface area contributed by atoms with E-state index in [4.69, 9.17) is 0 Å². The van der Waals surface area contributed by atoms with Crippen LogP contribution in [0.1, 0.15) is 43.4 Å². The van der Waals surface area contributed by atoms with Gasteiger partial charge in [0.25, 0.3) is 0 Å². The molecule has 1 fully saturated rings. The lowest BCUT2D eigenvalue weighted by molar-refractivity contribution is -0.0328. The van der Waals surface area contributed by atoms with Crippen molar-refractivity contribution in [2.24, 2.45) is 0 Å². The van der Waals surface area contributed by atoms with Crippen LogP contribution in [0.15, 0.2) is 18.2 Å². The molecule has 1 aromatic carbocycles. The van der Waals surface area contributed by atoms with Crippen molar-refractivity contribution in [3.05, 3.63) is 34.9 Å². The van der Waals surface area contributed by atoms with Crippen molar-refractivity contribution in [1.29, 1.82) is 0 Å². The number of aliphatic hydroxyl groups is 1. The van der Waals surface area contributed by atoms with Gasteiger partial charge in [0, 0.05) is 19.1 Å². The molecule has 1 saturated heterocycles. The van der Waals surface area contributed by atoms with E-state index in [2.05, 4.69) is 50.8 Å². The Morgan fingerprint density at radius 2 is 1.78 bits per heavy atom. The first-order valence-corrected chi connectivity index (χ1v) is 6.97. The van der Waals surface area contributed by atoms with E-state index in [1.165, 1.54) is 11.1 Å². The minimum absolute atomic E-state index is 0.577. The molecule has 100 valence electrons. The summed E-state index contributed by atoms with van der Waals surface area (Å²) in [4.78, 5) is 2.44. The van der Waals surface area contributed by atoms with E-state index < -0.39 is 5.60 Å². The minimum atomic E-state index is -0.624. The van der Waals surface area contributed by atoms with Gasteiger partial charge in [-0.3, -0.25) is 0 Å². The highest BCUT2D eigenvalue weighted by molar-refractivity contribution is 5.37. The number of benzene rings is 1. The molecule has 1 aliphatic heterocycles. The number of hydrogen-bond acceptors (Lipinski definition) is 2. The lowest BCUT2D eigenvalue weighted by atomic mass is 9.81. The van der Waals surface area contributed by atoms with E-state index in [0.29, 0.717) is 6.04 Å². The molecule has 2 nitrogen and oxygen atoms in total. The summed E-state index contributed by atoms with van der Waals surface area (Å²) in [5.74, 6) is 0. The van der Waals surface area contributed by atoms with E-state index in [0.717, 1.165) is 31.5 Å². The lowest BCUT2D eigenvalue weighted by Crippen LogP contribution is -2.45. The van der Waals surface area contributed by atoms with Gasteiger partial charge in [-0.05, 0) is 57.2 Å². The molecule has 1 aromatic rings. The second-order valence-electron chi connectivity index (χ2n) is 5.91. The summed E-state index contributed by atoms with van der Waals surface area (Å²) < 4.78 is 0. The molecule has 2 rings (SSSR count). The van der Waals surface area contributed by atoms with Gasteiger partial charge in [0.15, 0.2) is 0 Å². The summed E-state index contributed by atoms with van der Waals surface area (Å²) >= 11 is 0. The molecule has 0 aliphatic carbocycles. The highest BCUT2D eigenvalue weighted by Gasteiger charge is 2.35. The van der Waals surface area contributed by atoms with Crippen LogP contribution >= 0.6 is 0 Å². The zero-order valence-electron chi connectivity index (χ0n) is 12.0. The van der Waals surface area contributed by atoms with E-state index in [-0.39, 0.29) is 0 Å². The third kappa shape index (κ3) is 2.45. The van der Waals surface area contributed by atoms with E-state index in [1.54, 1.807) is 0 Å². The maximum absolute atomic E-state index is 10.9. The normalized spacial score (nSPS) is 20.3. The lowest BCUT2D eigenvalue weighted by Gasteiger charge is -2.41. The maximum Gasteiger partial charge on any atom is 0.0923 e. The Morgan fingerprint density at radius 3 is 2.33 bits per heavy atom. The van der Waals surface area contributed by atoms with Gasteiger partial charge in [-0.15, -0.1) is 0 Å². The second kappa shape index (κ2) is 5.02. The Hall–Kier alpha value is -0.860. The van der Waals surface area contributed by atoms with Crippen LogP contribution in [-0.2, 0) is 5.60 Å². The summed E-state index contributed by atoms with van der Waals surface area (Å²) in [5, 5.41) is 10.9. The molecule has 0 saturated carbocycles. The first-order valence-electron chi connectivity index (χ1n) is 6.97. The van der Waals surface area contributed by atoms with Crippen molar-refractivity contribution in [3.8, 4) is 0 Å². The van der Waals surface area contributed by atoms with Crippen molar-refractivity contribution in [1.82, 2.24) is 4.90 Å². The highest BCUT2D eigenvalue weighted by atomic mass is 16.3. The van der Waals surface area contributed by atoms with Crippen LogP contribution in [0.2, 0.25) is 0 Å². The van der Waals surface area contributed by atoms with E-state index >= 15 is 0 Å². The zero-order chi connectivity index (χ0) is 13.3. The first kappa shape index (κ1) is 13.6. The summed E-state index contributed by atoms with van der Waals surface area (Å²) in [6.45, 7) is 10.7. The molecule has 0 bridgehead atoms. The molecule has 1 heterocycles. The maximum atomic E-state index is 10.9. The average Bonchev–Trinajstić information content (AvgIpc) is 2.33. The molecule has 0 aromatic heterocycles. The van der Waals surface area contributed by atoms with Crippen molar-refractivity contribution in [3.63, 3.8) is 0 Å². The van der Waals surface area contributed by atoms with Crippen molar-refractivity contribution >= 4 is 0 Å². The van der Waals surface area contributed by atoms with Gasteiger partial charge in [-0.1, -0.05) is 18.2 Å². The Morgan fingerprint density at radius 1 is 1.17 bits per heavy atom. The van der Waals surface area contributed by atoms with Crippen molar-refractivity contribution in [2.75, 3.05) is 13.1 Å². The molecular formula is C16H25NO. The molecule has 1 N–H and O–H groups in total. The minimum Gasteiger partial charge on any atom is -0.385 e. The zero-order valence-corrected chi connectivity index (χ0v) is 12.0. The highest BCUT2D eigenvalue weighted by Crippen LogP contribution is 2.35. The first-order chi connectivity index (χ1) is 8.44. The van der Waals surface area contributed by atoms with Gasteiger partial charge in [-0.25, -0.2) is 0 Å². The van der Waals surface area contributed by atoms with E-state index in [1.807, 2.05) is 0 Å². The fourth-order valence-corrected chi connectivity index (χ4v) is 2.93. The van der Waals surface area contributed by atoms with Crippen molar-refractivity contribution in [2.45, 2.75) is 52.2 Å². The molecule has 18 heavy (non-hydrogen) atoms. The molecule has 2 heteroatoms. The molecule has 0 amide bonds. The average molecular weight is 247 g/mol. The third-order valence-corrected chi connectivity index (χ3v) is 4.46. The number of likely N-dealkylation sites (tertiary alicyclic amines) is 1. The third-order valence-electron chi connectivity index (χ3n) is 4.46. The van der Waals surface area contributed by atoms with Crippen LogP contribution in [0.3, 0.4) is 0 Å². The molecule has 0 radical (unpaired) electrons. The van der Waals surface area contributed by atoms with Crippen LogP contribution < -0.4 is 0 Å². The Labute approximate surface area is 111 Å². The number of rotatable bonds is 2. The number of hydrogen-bond donors (Lipinski definition) is 1. The molecular weight excluding hydrogens is 222 g/mol. The van der Waals surface area contributed by atoms with Gasteiger partial charge in [0.05, 0.1) is 5.60 Å². The van der Waals surface area contributed by atoms with Gasteiger partial charge in [0.2, 0.25) is 0 Å².